The fourth-order valence-corrected chi connectivity index (χ4v) is 2.93. The molecule has 0 aromatic heterocycles. The third-order valence-electron chi connectivity index (χ3n) is 4.62. The number of hydrogen-bond acceptors (Lipinski definition) is 4. The van der Waals surface area contributed by atoms with Crippen molar-refractivity contribution in [3.05, 3.63) is 66.0 Å². The summed E-state index contributed by atoms with van der Waals surface area (Å²) in [5, 5.41) is 13.8. The summed E-state index contributed by atoms with van der Waals surface area (Å²) in [6.45, 7) is 1.47. The van der Waals surface area contributed by atoms with Crippen molar-refractivity contribution >= 4 is 11.8 Å². The second kappa shape index (κ2) is 8.19. The second-order valence-corrected chi connectivity index (χ2v) is 6.61. The first kappa shape index (κ1) is 18.2. The number of benzene rings is 2. The molecule has 2 N–H and O–H groups in total. The molecule has 2 aromatic rings. The molecule has 1 heterocycles. The zero-order valence-corrected chi connectivity index (χ0v) is 14.5. The van der Waals surface area contributed by atoms with Gasteiger partial charge in [-0.25, -0.2) is 9.18 Å². The lowest BCUT2D eigenvalue weighted by Gasteiger charge is -2.37. The average molecular weight is 358 g/mol. The SMILES string of the molecule is O=C(OCc1ccccc1)N1CCC(O)(CNc2ccc(F)cc2)CC1. The predicted molar refractivity (Wildman–Crippen MR) is 97.3 cm³/mol. The minimum absolute atomic E-state index is 0.243. The van der Waals surface area contributed by atoms with E-state index in [2.05, 4.69) is 5.32 Å². The number of halogens is 1. The van der Waals surface area contributed by atoms with E-state index < -0.39 is 5.60 Å². The van der Waals surface area contributed by atoms with Crippen LogP contribution in [0.3, 0.4) is 0 Å². The summed E-state index contributed by atoms with van der Waals surface area (Å²) in [5.41, 5.74) is 0.798. The van der Waals surface area contributed by atoms with E-state index in [1.165, 1.54) is 12.1 Å². The Balaban J connectivity index is 1.43. The monoisotopic (exact) mass is 358 g/mol. The Labute approximate surface area is 152 Å². The van der Waals surface area contributed by atoms with Gasteiger partial charge in [0.15, 0.2) is 0 Å². The third kappa shape index (κ3) is 4.95. The highest BCUT2D eigenvalue weighted by Crippen LogP contribution is 2.23. The lowest BCUT2D eigenvalue weighted by Crippen LogP contribution is -2.50. The van der Waals surface area contributed by atoms with Crippen LogP contribution >= 0.6 is 0 Å². The highest BCUT2D eigenvalue weighted by molar-refractivity contribution is 5.67. The van der Waals surface area contributed by atoms with Crippen molar-refractivity contribution in [1.82, 2.24) is 4.90 Å². The Morgan fingerprint density at radius 1 is 1.12 bits per heavy atom. The summed E-state index contributed by atoms with van der Waals surface area (Å²) in [4.78, 5) is 13.8. The normalized spacial score (nSPS) is 16.2. The van der Waals surface area contributed by atoms with Crippen molar-refractivity contribution in [2.45, 2.75) is 25.0 Å². The number of piperidine rings is 1. The van der Waals surface area contributed by atoms with E-state index in [9.17, 15) is 14.3 Å². The zero-order chi connectivity index (χ0) is 18.4. The summed E-state index contributed by atoms with van der Waals surface area (Å²) < 4.78 is 18.3. The number of ether oxygens (including phenoxy) is 1. The third-order valence-corrected chi connectivity index (χ3v) is 4.62. The van der Waals surface area contributed by atoms with E-state index >= 15 is 0 Å². The molecule has 0 atom stereocenters. The van der Waals surface area contributed by atoms with Gasteiger partial charge in [-0.1, -0.05) is 30.3 Å². The maximum Gasteiger partial charge on any atom is 0.410 e. The Morgan fingerprint density at radius 3 is 2.42 bits per heavy atom. The summed E-state index contributed by atoms with van der Waals surface area (Å²) >= 11 is 0. The maximum absolute atomic E-state index is 12.9. The molecular weight excluding hydrogens is 335 g/mol. The Kier molecular flexibility index (Phi) is 5.73. The summed E-state index contributed by atoms with van der Waals surface area (Å²) in [7, 11) is 0. The molecule has 1 aliphatic rings. The first-order valence-corrected chi connectivity index (χ1v) is 8.72. The number of anilines is 1. The fraction of sp³-hybridized carbons (Fsp3) is 0.350. The van der Waals surface area contributed by atoms with Crippen molar-refractivity contribution in [1.29, 1.82) is 0 Å². The second-order valence-electron chi connectivity index (χ2n) is 6.61. The number of nitrogens with one attached hydrogen (secondary N) is 1. The van der Waals surface area contributed by atoms with Gasteiger partial charge in [0.05, 0.1) is 5.60 Å². The molecule has 1 aliphatic heterocycles. The van der Waals surface area contributed by atoms with Gasteiger partial charge in [-0.2, -0.15) is 0 Å². The van der Waals surface area contributed by atoms with E-state index in [0.717, 1.165) is 11.3 Å². The number of aliphatic hydroxyl groups is 1. The molecular formula is C20H23FN2O3. The Hall–Kier alpha value is -2.60. The van der Waals surface area contributed by atoms with Crippen LogP contribution in [0.15, 0.2) is 54.6 Å². The number of rotatable bonds is 5. The van der Waals surface area contributed by atoms with Crippen LogP contribution in [0.5, 0.6) is 0 Å². The minimum atomic E-state index is -0.898. The summed E-state index contributed by atoms with van der Waals surface area (Å²) in [5.74, 6) is -0.295. The van der Waals surface area contributed by atoms with Crippen LogP contribution in [0.2, 0.25) is 0 Å². The van der Waals surface area contributed by atoms with Crippen molar-refractivity contribution in [2.75, 3.05) is 25.0 Å². The molecule has 26 heavy (non-hydrogen) atoms. The number of hydrogen-bond donors (Lipinski definition) is 2. The highest BCUT2D eigenvalue weighted by atomic mass is 19.1. The summed E-state index contributed by atoms with van der Waals surface area (Å²) in [6.07, 6.45) is 0.561. The topological polar surface area (TPSA) is 61.8 Å². The van der Waals surface area contributed by atoms with E-state index in [0.29, 0.717) is 32.5 Å². The van der Waals surface area contributed by atoms with Crippen LogP contribution in [-0.4, -0.2) is 41.3 Å². The number of nitrogens with zero attached hydrogens (tertiary/aromatic N) is 1. The number of carbonyl (C=O) groups is 1. The van der Waals surface area contributed by atoms with Gasteiger partial charge < -0.3 is 20.1 Å². The van der Waals surface area contributed by atoms with E-state index in [1.807, 2.05) is 30.3 Å². The first-order chi connectivity index (χ1) is 12.5. The molecule has 1 saturated heterocycles. The van der Waals surface area contributed by atoms with E-state index in [-0.39, 0.29) is 18.5 Å². The molecule has 0 aliphatic carbocycles. The predicted octanol–water partition coefficient (Wildman–Crippen LogP) is 3.40. The average Bonchev–Trinajstić information content (AvgIpc) is 2.67. The molecule has 3 rings (SSSR count). The quantitative estimate of drug-likeness (QED) is 0.860. The number of likely N-dealkylation sites (tertiary alicyclic amines) is 1. The number of amides is 1. The van der Waals surface area contributed by atoms with Crippen LogP contribution in [-0.2, 0) is 11.3 Å². The first-order valence-electron chi connectivity index (χ1n) is 8.72. The lowest BCUT2D eigenvalue weighted by atomic mass is 9.91. The standard InChI is InChI=1S/C20H23FN2O3/c21-17-6-8-18(9-7-17)22-15-20(25)10-12-23(13-11-20)19(24)26-14-16-4-2-1-3-5-16/h1-9,22,25H,10-15H2. The molecule has 0 unspecified atom stereocenters. The van der Waals surface area contributed by atoms with Gasteiger partial charge in [0.2, 0.25) is 0 Å². The van der Waals surface area contributed by atoms with E-state index in [1.54, 1.807) is 17.0 Å². The zero-order valence-electron chi connectivity index (χ0n) is 14.5. The summed E-state index contributed by atoms with van der Waals surface area (Å²) in [6, 6.07) is 15.5. The van der Waals surface area contributed by atoms with Crippen LogP contribution in [0.25, 0.3) is 0 Å². The molecule has 6 heteroatoms. The van der Waals surface area contributed by atoms with Crippen molar-refractivity contribution in [3.8, 4) is 0 Å². The maximum atomic E-state index is 12.9. The molecule has 0 spiro atoms. The minimum Gasteiger partial charge on any atom is -0.445 e. The Bertz CT molecular complexity index is 714. The lowest BCUT2D eigenvalue weighted by molar-refractivity contribution is -0.0110. The van der Waals surface area contributed by atoms with Crippen LogP contribution < -0.4 is 5.32 Å². The van der Waals surface area contributed by atoms with Crippen LogP contribution in [0, 0.1) is 5.82 Å². The van der Waals surface area contributed by atoms with Crippen LogP contribution in [0.1, 0.15) is 18.4 Å². The van der Waals surface area contributed by atoms with Crippen LogP contribution in [0.4, 0.5) is 14.9 Å². The molecule has 2 aromatic carbocycles. The van der Waals surface area contributed by atoms with Gasteiger partial charge in [-0.15, -0.1) is 0 Å². The fourth-order valence-electron chi connectivity index (χ4n) is 2.93. The van der Waals surface area contributed by atoms with Crippen molar-refractivity contribution in [3.63, 3.8) is 0 Å². The van der Waals surface area contributed by atoms with Gasteiger partial charge in [-0.3, -0.25) is 0 Å². The smallest absolute Gasteiger partial charge is 0.410 e. The molecule has 138 valence electrons. The van der Waals surface area contributed by atoms with Crippen molar-refractivity contribution in [2.24, 2.45) is 0 Å². The van der Waals surface area contributed by atoms with Gasteiger partial charge >= 0.3 is 6.09 Å². The molecule has 1 amide bonds. The van der Waals surface area contributed by atoms with Gasteiger partial charge in [0, 0.05) is 25.3 Å². The highest BCUT2D eigenvalue weighted by Gasteiger charge is 2.34. The van der Waals surface area contributed by atoms with Gasteiger partial charge in [-0.05, 0) is 42.7 Å². The van der Waals surface area contributed by atoms with Gasteiger partial charge in [0.25, 0.3) is 0 Å². The largest absolute Gasteiger partial charge is 0.445 e. The Morgan fingerprint density at radius 2 is 1.77 bits per heavy atom. The van der Waals surface area contributed by atoms with Gasteiger partial charge in [0.1, 0.15) is 12.4 Å². The number of carbonyl (C=O) groups excluding carboxylic acids is 1. The molecule has 0 saturated carbocycles. The molecule has 1 fully saturated rings. The van der Waals surface area contributed by atoms with Crippen molar-refractivity contribution < 1.29 is 19.0 Å². The molecule has 5 nitrogen and oxygen atoms in total. The molecule has 0 bridgehead atoms. The molecule has 0 radical (unpaired) electrons. The van der Waals surface area contributed by atoms with E-state index in [4.69, 9.17) is 4.74 Å².